The molecule has 7 N–H and O–H groups in total. The Morgan fingerprint density at radius 2 is 1.28 bits per heavy atom. The number of hydrogen-bond acceptors (Lipinski definition) is 13. The number of carbonyl (C=O) groups is 1. The van der Waals surface area contributed by atoms with E-state index in [1.54, 1.807) is 0 Å². The molecule has 5 aliphatic carbocycles. The highest BCUT2D eigenvalue weighted by atomic mass is 16.8. The van der Waals surface area contributed by atoms with Crippen molar-refractivity contribution in [2.75, 3.05) is 19.8 Å². The number of aliphatic hydroxyl groups is 7. The second-order valence-electron chi connectivity index (χ2n) is 20.4. The van der Waals surface area contributed by atoms with Crippen LogP contribution in [0, 0.1) is 50.7 Å². The molecule has 0 aromatic carbocycles. The zero-order chi connectivity index (χ0) is 39.0. The van der Waals surface area contributed by atoms with Crippen molar-refractivity contribution >= 4 is 5.97 Å². The second-order valence-corrected chi connectivity index (χ2v) is 20.4. The average molecular weight is 767 g/mol. The fourth-order valence-corrected chi connectivity index (χ4v) is 15.2. The largest absolute Gasteiger partial charge is 0.459 e. The van der Waals surface area contributed by atoms with Gasteiger partial charge in [-0.25, -0.2) is 0 Å². The van der Waals surface area contributed by atoms with Crippen LogP contribution in [0.1, 0.15) is 112 Å². The summed E-state index contributed by atoms with van der Waals surface area (Å²) in [4.78, 5) is 14.2. The molecule has 19 unspecified atom stereocenters. The second kappa shape index (κ2) is 13.0. The van der Waals surface area contributed by atoms with E-state index in [2.05, 4.69) is 27.7 Å². The first-order valence-electron chi connectivity index (χ1n) is 20.8. The van der Waals surface area contributed by atoms with Crippen LogP contribution in [0.25, 0.3) is 0 Å². The molecule has 3 heterocycles. The molecule has 8 fully saturated rings. The SMILES string of the molecule is CC1(COC2OC(CO)C(O)C(O)C2OC2OC(CO)C(O)C2O)CCCC2(C)C1CCC1(C)C2CCC2C1(C)CCC1(O)C3CCC21C(=O)OC3(C)C. The molecule has 5 saturated carbocycles. The van der Waals surface area contributed by atoms with Gasteiger partial charge in [0.05, 0.1) is 25.4 Å². The summed E-state index contributed by atoms with van der Waals surface area (Å²) in [5, 5.41) is 75.0. The minimum absolute atomic E-state index is 0.0278. The molecule has 0 spiro atoms. The molecule has 8 aliphatic rings. The van der Waals surface area contributed by atoms with Crippen LogP contribution < -0.4 is 0 Å². The van der Waals surface area contributed by atoms with Crippen LogP contribution in [-0.2, 0) is 28.5 Å². The molecular weight excluding hydrogens is 700 g/mol. The van der Waals surface area contributed by atoms with Gasteiger partial charge in [-0.2, -0.15) is 0 Å². The van der Waals surface area contributed by atoms with E-state index < -0.39 is 85.1 Å². The van der Waals surface area contributed by atoms with Gasteiger partial charge in [0, 0.05) is 5.92 Å². The van der Waals surface area contributed by atoms with Crippen molar-refractivity contribution in [3.8, 4) is 0 Å². The summed E-state index contributed by atoms with van der Waals surface area (Å²) in [6.45, 7) is 12.7. The summed E-state index contributed by atoms with van der Waals surface area (Å²) >= 11 is 0. The zero-order valence-corrected chi connectivity index (χ0v) is 33.0. The quantitative estimate of drug-likeness (QED) is 0.186. The minimum Gasteiger partial charge on any atom is -0.459 e. The topological polar surface area (TPSA) is 205 Å². The minimum atomic E-state index is -1.56. The van der Waals surface area contributed by atoms with Crippen LogP contribution in [0.5, 0.6) is 0 Å². The van der Waals surface area contributed by atoms with Crippen LogP contribution in [-0.4, -0.2) is 128 Å². The van der Waals surface area contributed by atoms with E-state index in [0.717, 1.165) is 57.8 Å². The normalized spacial score (nSPS) is 57.7. The highest BCUT2D eigenvalue weighted by molar-refractivity contribution is 5.82. The van der Waals surface area contributed by atoms with Crippen molar-refractivity contribution in [2.45, 2.75) is 179 Å². The molecule has 2 bridgehead atoms. The van der Waals surface area contributed by atoms with Crippen LogP contribution in [0.4, 0.5) is 0 Å². The number of aliphatic hydroxyl groups excluding tert-OH is 6. The van der Waals surface area contributed by atoms with E-state index in [-0.39, 0.29) is 46.1 Å². The number of ether oxygens (including phenoxy) is 5. The third-order valence-electron chi connectivity index (χ3n) is 18.0. The van der Waals surface area contributed by atoms with Crippen LogP contribution in [0.2, 0.25) is 0 Å². The summed E-state index contributed by atoms with van der Waals surface area (Å²) in [6, 6.07) is 0. The standard InChI is InChI=1S/C41H66O13/c1-35(2)23-11-15-40(34(48)54-35)26-9-8-25-37(4)13-7-12-36(3,24(37)10-14-38(25,5)39(26,6)16-17-41(23,40)49)20-50-33-31(29(46)27(44)21(18-42)52-33)53-32-30(47)28(45)22(19-43)51-32/h21-33,42-47,49H,7-20H2,1-6H3. The zero-order valence-electron chi connectivity index (χ0n) is 33.0. The summed E-state index contributed by atoms with van der Waals surface area (Å²) in [7, 11) is 0. The number of esters is 1. The fourth-order valence-electron chi connectivity index (χ4n) is 15.2. The lowest BCUT2D eigenvalue weighted by atomic mass is 9.31. The lowest BCUT2D eigenvalue weighted by Crippen LogP contribution is -2.74. The van der Waals surface area contributed by atoms with Gasteiger partial charge in [0.2, 0.25) is 0 Å². The number of hydrogen-bond donors (Lipinski definition) is 7. The van der Waals surface area contributed by atoms with Crippen LogP contribution in [0.15, 0.2) is 0 Å². The van der Waals surface area contributed by atoms with Crippen molar-refractivity contribution in [1.29, 1.82) is 0 Å². The molecule has 13 heteroatoms. The maximum Gasteiger partial charge on any atom is 0.315 e. The summed E-state index contributed by atoms with van der Waals surface area (Å²) in [5.74, 6) is 0.496. The maximum atomic E-state index is 14.2. The number of cyclic esters (lactones) is 1. The Morgan fingerprint density at radius 1 is 0.667 bits per heavy atom. The number of fused-ring (bicyclic) bond motifs is 5. The van der Waals surface area contributed by atoms with Crippen LogP contribution in [0.3, 0.4) is 0 Å². The van der Waals surface area contributed by atoms with Gasteiger partial charge in [-0.1, -0.05) is 34.1 Å². The molecule has 13 nitrogen and oxygen atoms in total. The van der Waals surface area contributed by atoms with E-state index in [1.807, 2.05) is 13.8 Å². The van der Waals surface area contributed by atoms with E-state index in [0.29, 0.717) is 24.7 Å². The summed E-state index contributed by atoms with van der Waals surface area (Å²) < 4.78 is 30.3. The van der Waals surface area contributed by atoms with Crippen molar-refractivity contribution in [2.24, 2.45) is 50.7 Å². The Kier molecular flexibility index (Phi) is 9.60. The lowest BCUT2D eigenvalue weighted by molar-refractivity contribution is -0.344. The first-order chi connectivity index (χ1) is 25.3. The molecule has 3 saturated heterocycles. The molecule has 0 radical (unpaired) electrons. The molecule has 54 heavy (non-hydrogen) atoms. The number of carbonyl (C=O) groups excluding carboxylic acids is 1. The molecule has 3 aliphatic heterocycles. The summed E-state index contributed by atoms with van der Waals surface area (Å²) in [5.41, 5.74) is -3.10. The third-order valence-corrected chi connectivity index (χ3v) is 18.0. The van der Waals surface area contributed by atoms with Gasteiger partial charge in [0.25, 0.3) is 0 Å². The van der Waals surface area contributed by atoms with E-state index in [4.69, 9.17) is 23.7 Å². The van der Waals surface area contributed by atoms with Crippen LogP contribution >= 0.6 is 0 Å². The van der Waals surface area contributed by atoms with Gasteiger partial charge in [-0.3, -0.25) is 4.79 Å². The average Bonchev–Trinajstić information content (AvgIpc) is 3.55. The van der Waals surface area contributed by atoms with Crippen molar-refractivity contribution < 1.29 is 64.2 Å². The lowest BCUT2D eigenvalue weighted by Gasteiger charge is -2.74. The molecule has 8 rings (SSSR count). The van der Waals surface area contributed by atoms with E-state index in [9.17, 15) is 40.5 Å². The van der Waals surface area contributed by atoms with Gasteiger partial charge in [0.15, 0.2) is 12.6 Å². The molecule has 19 atom stereocenters. The molecular formula is C41H66O13. The first kappa shape index (κ1) is 39.8. The van der Waals surface area contributed by atoms with Gasteiger partial charge >= 0.3 is 5.97 Å². The Hall–Kier alpha value is -0.970. The van der Waals surface area contributed by atoms with E-state index in [1.165, 1.54) is 0 Å². The van der Waals surface area contributed by atoms with Crippen molar-refractivity contribution in [3.05, 3.63) is 0 Å². The highest BCUT2D eigenvalue weighted by Gasteiger charge is 2.81. The van der Waals surface area contributed by atoms with Gasteiger partial charge in [-0.15, -0.1) is 0 Å². The molecule has 0 aromatic rings. The van der Waals surface area contributed by atoms with E-state index >= 15 is 0 Å². The highest BCUT2D eigenvalue weighted by Crippen LogP contribution is 2.80. The number of rotatable bonds is 7. The molecule has 0 amide bonds. The first-order valence-corrected chi connectivity index (χ1v) is 20.8. The predicted octanol–water partition coefficient (Wildman–Crippen LogP) is 2.17. The fraction of sp³-hybridized carbons (Fsp3) is 0.976. The molecule has 308 valence electrons. The Bertz CT molecular complexity index is 1460. The van der Waals surface area contributed by atoms with Crippen molar-refractivity contribution in [1.82, 2.24) is 0 Å². The van der Waals surface area contributed by atoms with Gasteiger partial charge < -0.3 is 59.4 Å². The smallest absolute Gasteiger partial charge is 0.315 e. The Morgan fingerprint density at radius 3 is 1.96 bits per heavy atom. The predicted molar refractivity (Wildman–Crippen MR) is 191 cm³/mol. The van der Waals surface area contributed by atoms with Gasteiger partial charge in [-0.05, 0) is 117 Å². The van der Waals surface area contributed by atoms with Gasteiger partial charge in [0.1, 0.15) is 53.7 Å². The Labute approximate surface area is 319 Å². The molecule has 0 aromatic heterocycles. The monoisotopic (exact) mass is 766 g/mol. The Balaban J connectivity index is 1.04. The maximum absolute atomic E-state index is 14.2. The third kappa shape index (κ3) is 5.11. The summed E-state index contributed by atoms with van der Waals surface area (Å²) in [6.07, 6.45) is -2.37. The van der Waals surface area contributed by atoms with Crippen molar-refractivity contribution in [3.63, 3.8) is 0 Å².